The molecule has 104 valence electrons. The Morgan fingerprint density at radius 3 is 2.70 bits per heavy atom. The molecule has 0 aliphatic carbocycles. The molecule has 0 spiro atoms. The van der Waals surface area contributed by atoms with E-state index < -0.39 is 6.09 Å². The molecule has 6 heteroatoms. The Kier molecular flexibility index (Phi) is 4.39. The van der Waals surface area contributed by atoms with E-state index in [9.17, 15) is 4.79 Å². The number of nitrogen functional groups attached to an aromatic ring is 1. The summed E-state index contributed by atoms with van der Waals surface area (Å²) in [7, 11) is 1.33. The summed E-state index contributed by atoms with van der Waals surface area (Å²) in [5, 5.41) is 5.74. The van der Waals surface area contributed by atoms with E-state index >= 15 is 0 Å². The van der Waals surface area contributed by atoms with Crippen LogP contribution < -0.4 is 16.4 Å². The Bertz CT molecular complexity index is 584. The van der Waals surface area contributed by atoms with E-state index in [0.29, 0.717) is 18.1 Å². The lowest BCUT2D eigenvalue weighted by Gasteiger charge is -2.09. The number of hydrogen-bond donors (Lipinski definition) is 3. The number of nitrogens with zero attached hydrogens (tertiary/aromatic N) is 1. The van der Waals surface area contributed by atoms with Crippen LogP contribution in [-0.2, 0) is 11.3 Å². The summed E-state index contributed by atoms with van der Waals surface area (Å²) >= 11 is 0. The lowest BCUT2D eigenvalue weighted by Crippen LogP contribution is -2.22. The third-order valence-electron chi connectivity index (χ3n) is 2.68. The minimum atomic E-state index is -0.450. The average Bonchev–Trinajstić information content (AvgIpc) is 2.48. The fraction of sp³-hybridized carbons (Fsp3) is 0.143. The van der Waals surface area contributed by atoms with Gasteiger partial charge in [0.05, 0.1) is 12.8 Å². The van der Waals surface area contributed by atoms with Crippen LogP contribution >= 0.6 is 0 Å². The molecule has 20 heavy (non-hydrogen) atoms. The number of carbonyl (C=O) groups is 1. The number of nitrogens with two attached hydrogens (primary N) is 1. The van der Waals surface area contributed by atoms with Crippen LogP contribution in [0.15, 0.2) is 42.6 Å². The maximum atomic E-state index is 11.0. The quantitative estimate of drug-likeness (QED) is 0.794. The maximum absolute atomic E-state index is 11.0. The summed E-state index contributed by atoms with van der Waals surface area (Å²) in [4.78, 5) is 15.1. The summed E-state index contributed by atoms with van der Waals surface area (Å²) in [6.07, 6.45) is 1.22. The van der Waals surface area contributed by atoms with Gasteiger partial charge in [-0.25, -0.2) is 9.78 Å². The first kappa shape index (κ1) is 13.7. The van der Waals surface area contributed by atoms with Gasteiger partial charge in [-0.05, 0) is 29.8 Å². The molecule has 0 fully saturated rings. The van der Waals surface area contributed by atoms with Crippen LogP contribution in [0.1, 0.15) is 5.56 Å². The van der Waals surface area contributed by atoms with Gasteiger partial charge in [0.1, 0.15) is 0 Å². The summed E-state index contributed by atoms with van der Waals surface area (Å²) in [6, 6.07) is 11.1. The van der Waals surface area contributed by atoms with Crippen molar-refractivity contribution in [2.75, 3.05) is 18.2 Å². The van der Waals surface area contributed by atoms with E-state index in [2.05, 4.69) is 20.4 Å². The smallest absolute Gasteiger partial charge is 0.407 e. The maximum Gasteiger partial charge on any atom is 0.407 e. The zero-order valence-corrected chi connectivity index (χ0v) is 11.1. The summed E-state index contributed by atoms with van der Waals surface area (Å²) < 4.78 is 4.50. The van der Waals surface area contributed by atoms with Crippen molar-refractivity contribution in [1.29, 1.82) is 0 Å². The molecule has 2 aromatic rings. The third kappa shape index (κ3) is 3.61. The summed E-state index contributed by atoms with van der Waals surface area (Å²) in [5.74, 6) is 0.618. The minimum Gasteiger partial charge on any atom is -0.453 e. The van der Waals surface area contributed by atoms with Crippen molar-refractivity contribution in [3.8, 4) is 0 Å². The molecule has 1 aromatic carbocycles. The number of nitrogens with one attached hydrogen (secondary N) is 2. The van der Waals surface area contributed by atoms with Crippen LogP contribution in [0, 0.1) is 0 Å². The third-order valence-corrected chi connectivity index (χ3v) is 2.68. The van der Waals surface area contributed by atoms with Gasteiger partial charge in [-0.1, -0.05) is 12.1 Å². The molecular formula is C14H16N4O2. The number of pyridine rings is 1. The molecule has 6 nitrogen and oxygen atoms in total. The van der Waals surface area contributed by atoms with Crippen LogP contribution in [0.4, 0.5) is 22.0 Å². The zero-order valence-electron chi connectivity index (χ0n) is 11.1. The summed E-state index contributed by atoms with van der Waals surface area (Å²) in [6.45, 7) is 0.415. The van der Waals surface area contributed by atoms with E-state index in [4.69, 9.17) is 5.73 Å². The Hall–Kier alpha value is -2.76. The largest absolute Gasteiger partial charge is 0.453 e. The number of alkyl carbamates (subject to hydrolysis) is 1. The highest BCUT2D eigenvalue weighted by Crippen LogP contribution is 2.20. The number of hydrogen-bond acceptors (Lipinski definition) is 5. The fourth-order valence-electron chi connectivity index (χ4n) is 1.61. The van der Waals surface area contributed by atoms with E-state index in [-0.39, 0.29) is 0 Å². The minimum absolute atomic E-state index is 0.415. The number of rotatable bonds is 4. The van der Waals surface area contributed by atoms with Crippen LogP contribution in [-0.4, -0.2) is 18.2 Å². The highest BCUT2D eigenvalue weighted by atomic mass is 16.5. The standard InChI is InChI=1S/C14H16N4O2/c1-20-14(19)17-9-10-4-6-11(7-5-10)18-13-12(15)3-2-8-16-13/h2-8H,9,15H2,1H3,(H,16,18)(H,17,19). The molecule has 4 N–H and O–H groups in total. The second kappa shape index (κ2) is 6.42. The topological polar surface area (TPSA) is 89.3 Å². The van der Waals surface area contributed by atoms with Crippen molar-refractivity contribution >= 4 is 23.3 Å². The second-order valence-corrected chi connectivity index (χ2v) is 4.11. The number of carbonyl (C=O) groups excluding carboxylic acids is 1. The van der Waals surface area contributed by atoms with Crippen molar-refractivity contribution in [2.24, 2.45) is 0 Å². The van der Waals surface area contributed by atoms with Gasteiger partial charge in [0.25, 0.3) is 0 Å². The van der Waals surface area contributed by atoms with Gasteiger partial charge in [-0.3, -0.25) is 0 Å². The molecule has 0 unspecified atom stereocenters. The normalized spacial score (nSPS) is 9.85. The van der Waals surface area contributed by atoms with Crippen molar-refractivity contribution in [2.45, 2.75) is 6.54 Å². The number of anilines is 3. The Balaban J connectivity index is 1.98. The van der Waals surface area contributed by atoms with Gasteiger partial charge < -0.3 is 21.1 Å². The van der Waals surface area contributed by atoms with E-state index in [0.717, 1.165) is 11.3 Å². The van der Waals surface area contributed by atoms with Crippen molar-refractivity contribution < 1.29 is 9.53 Å². The molecule has 0 aliphatic rings. The van der Waals surface area contributed by atoms with E-state index in [1.807, 2.05) is 24.3 Å². The first-order valence-electron chi connectivity index (χ1n) is 6.07. The van der Waals surface area contributed by atoms with Crippen LogP contribution in [0.2, 0.25) is 0 Å². The Labute approximate surface area is 117 Å². The van der Waals surface area contributed by atoms with Gasteiger partial charge in [0.2, 0.25) is 0 Å². The Morgan fingerprint density at radius 2 is 2.05 bits per heavy atom. The fourth-order valence-corrected chi connectivity index (χ4v) is 1.61. The van der Waals surface area contributed by atoms with Crippen LogP contribution in [0.3, 0.4) is 0 Å². The lowest BCUT2D eigenvalue weighted by molar-refractivity contribution is 0.170. The molecule has 1 heterocycles. The highest BCUT2D eigenvalue weighted by Gasteiger charge is 2.01. The van der Waals surface area contributed by atoms with Gasteiger partial charge in [0, 0.05) is 18.4 Å². The molecule has 0 saturated carbocycles. The molecule has 0 saturated heterocycles. The first-order valence-corrected chi connectivity index (χ1v) is 6.07. The average molecular weight is 272 g/mol. The molecule has 1 amide bonds. The molecule has 0 radical (unpaired) electrons. The van der Waals surface area contributed by atoms with E-state index in [1.165, 1.54) is 7.11 Å². The Morgan fingerprint density at radius 1 is 1.30 bits per heavy atom. The molecular weight excluding hydrogens is 256 g/mol. The van der Waals surface area contributed by atoms with Gasteiger partial charge in [0.15, 0.2) is 5.82 Å². The van der Waals surface area contributed by atoms with E-state index in [1.54, 1.807) is 18.3 Å². The van der Waals surface area contributed by atoms with Crippen LogP contribution in [0.25, 0.3) is 0 Å². The number of amides is 1. The number of aromatic nitrogens is 1. The SMILES string of the molecule is COC(=O)NCc1ccc(Nc2ncccc2N)cc1. The van der Waals surface area contributed by atoms with Crippen LogP contribution in [0.5, 0.6) is 0 Å². The summed E-state index contributed by atoms with van der Waals surface area (Å²) in [5.41, 5.74) is 8.24. The monoisotopic (exact) mass is 272 g/mol. The zero-order chi connectivity index (χ0) is 14.4. The first-order chi connectivity index (χ1) is 9.69. The number of benzene rings is 1. The molecule has 1 aromatic heterocycles. The predicted octanol–water partition coefficient (Wildman–Crippen LogP) is 2.26. The number of ether oxygens (including phenoxy) is 1. The highest BCUT2D eigenvalue weighted by molar-refractivity contribution is 5.68. The molecule has 0 bridgehead atoms. The van der Waals surface area contributed by atoms with Crippen molar-refractivity contribution in [3.63, 3.8) is 0 Å². The van der Waals surface area contributed by atoms with Crippen molar-refractivity contribution in [3.05, 3.63) is 48.2 Å². The van der Waals surface area contributed by atoms with Gasteiger partial charge >= 0.3 is 6.09 Å². The predicted molar refractivity (Wildman–Crippen MR) is 77.6 cm³/mol. The second-order valence-electron chi connectivity index (χ2n) is 4.11. The number of methoxy groups -OCH3 is 1. The van der Waals surface area contributed by atoms with Gasteiger partial charge in [-0.15, -0.1) is 0 Å². The van der Waals surface area contributed by atoms with Gasteiger partial charge in [-0.2, -0.15) is 0 Å². The molecule has 0 atom stereocenters. The van der Waals surface area contributed by atoms with Crippen molar-refractivity contribution in [1.82, 2.24) is 10.3 Å². The molecule has 2 rings (SSSR count). The lowest BCUT2D eigenvalue weighted by atomic mass is 10.2. The molecule has 0 aliphatic heterocycles.